The summed E-state index contributed by atoms with van der Waals surface area (Å²) in [5.74, 6) is -1.21. The fraction of sp³-hybridized carbons (Fsp3) is 0.467. The highest BCUT2D eigenvalue weighted by Gasteiger charge is 2.26. The summed E-state index contributed by atoms with van der Waals surface area (Å²) in [5.41, 5.74) is 0.885. The molecule has 0 aliphatic heterocycles. The van der Waals surface area contributed by atoms with Crippen LogP contribution in [0.4, 0.5) is 13.2 Å². The molecular formula is C15H18F3NO3. The van der Waals surface area contributed by atoms with Crippen LogP contribution in [0.2, 0.25) is 0 Å². The van der Waals surface area contributed by atoms with Gasteiger partial charge in [-0.25, -0.2) is 0 Å². The van der Waals surface area contributed by atoms with E-state index in [9.17, 15) is 22.8 Å². The minimum Gasteiger partial charge on any atom is -0.481 e. The van der Waals surface area contributed by atoms with E-state index >= 15 is 0 Å². The molecule has 22 heavy (non-hydrogen) atoms. The molecule has 1 N–H and O–H groups in total. The van der Waals surface area contributed by atoms with E-state index in [0.29, 0.717) is 24.1 Å². The van der Waals surface area contributed by atoms with E-state index in [4.69, 9.17) is 5.11 Å². The van der Waals surface area contributed by atoms with Crippen molar-refractivity contribution in [2.75, 3.05) is 13.6 Å². The Bertz CT molecular complexity index is 512. The minimum absolute atomic E-state index is 0.0198. The summed E-state index contributed by atoms with van der Waals surface area (Å²) in [6, 6.07) is 5.98. The lowest BCUT2D eigenvalue weighted by molar-refractivity contribution is -0.137. The first-order valence-corrected chi connectivity index (χ1v) is 6.82. The molecule has 0 saturated carbocycles. The largest absolute Gasteiger partial charge is 0.481 e. The number of aryl methyl sites for hydroxylation is 1. The van der Waals surface area contributed by atoms with Crippen LogP contribution in [-0.2, 0) is 11.2 Å². The first kappa shape index (κ1) is 18.0. The second-order valence-electron chi connectivity index (χ2n) is 5.04. The van der Waals surface area contributed by atoms with Crippen LogP contribution in [0, 0.1) is 0 Å². The third-order valence-electron chi connectivity index (χ3n) is 3.13. The molecule has 0 fully saturated rings. The number of benzene rings is 1. The number of carboxylic acids is 1. The van der Waals surface area contributed by atoms with Crippen molar-refractivity contribution in [3.63, 3.8) is 0 Å². The Balaban J connectivity index is 2.54. The monoisotopic (exact) mass is 317 g/mol. The zero-order chi connectivity index (χ0) is 16.8. The first-order chi connectivity index (χ1) is 10.2. The Morgan fingerprint density at radius 2 is 1.77 bits per heavy atom. The smallest absolute Gasteiger partial charge is 0.389 e. The third kappa shape index (κ3) is 6.60. The standard InChI is InChI=1S/C15H18F3NO3/c1-19(10-2-3-13(20)21)14(22)12-6-4-11(5-7-12)8-9-15(16,17)18/h4-7H,2-3,8-10H2,1H3,(H,20,21). The van der Waals surface area contributed by atoms with E-state index in [1.807, 2.05) is 0 Å². The van der Waals surface area contributed by atoms with Crippen LogP contribution in [0.3, 0.4) is 0 Å². The third-order valence-corrected chi connectivity index (χ3v) is 3.13. The number of carboxylic acid groups (broad SMARTS) is 1. The highest BCUT2D eigenvalue weighted by molar-refractivity contribution is 5.94. The van der Waals surface area contributed by atoms with Gasteiger partial charge < -0.3 is 10.0 Å². The molecule has 0 spiro atoms. The van der Waals surface area contributed by atoms with Crippen LogP contribution in [-0.4, -0.2) is 41.7 Å². The van der Waals surface area contributed by atoms with Crippen LogP contribution in [0.5, 0.6) is 0 Å². The Hall–Kier alpha value is -2.05. The van der Waals surface area contributed by atoms with Crippen LogP contribution in [0.15, 0.2) is 24.3 Å². The van der Waals surface area contributed by atoms with E-state index in [1.165, 1.54) is 29.2 Å². The molecule has 0 aliphatic carbocycles. The molecular weight excluding hydrogens is 299 g/mol. The van der Waals surface area contributed by atoms with Gasteiger partial charge in [0.25, 0.3) is 5.91 Å². The highest BCUT2D eigenvalue weighted by atomic mass is 19.4. The van der Waals surface area contributed by atoms with Gasteiger partial charge in [-0.05, 0) is 30.5 Å². The summed E-state index contributed by atoms with van der Waals surface area (Å²) in [6.07, 6.45) is -4.88. The summed E-state index contributed by atoms with van der Waals surface area (Å²) < 4.78 is 36.4. The lowest BCUT2D eigenvalue weighted by Crippen LogP contribution is -2.28. The number of hydrogen-bond donors (Lipinski definition) is 1. The zero-order valence-corrected chi connectivity index (χ0v) is 12.2. The average Bonchev–Trinajstić information content (AvgIpc) is 2.43. The Kier molecular flexibility index (Phi) is 6.39. The minimum atomic E-state index is -4.20. The SMILES string of the molecule is CN(CCCC(=O)O)C(=O)c1ccc(CCC(F)(F)F)cc1. The van der Waals surface area contributed by atoms with Gasteiger partial charge in [0.1, 0.15) is 0 Å². The maximum Gasteiger partial charge on any atom is 0.389 e. The van der Waals surface area contributed by atoms with E-state index in [2.05, 4.69) is 0 Å². The average molecular weight is 317 g/mol. The number of amides is 1. The number of rotatable bonds is 7. The summed E-state index contributed by atoms with van der Waals surface area (Å²) in [4.78, 5) is 23.9. The van der Waals surface area contributed by atoms with Gasteiger partial charge in [0.05, 0.1) is 0 Å². The molecule has 0 atom stereocenters. The number of nitrogens with zero attached hydrogens (tertiary/aromatic N) is 1. The van der Waals surface area contributed by atoms with Crippen molar-refractivity contribution in [3.8, 4) is 0 Å². The van der Waals surface area contributed by atoms with Gasteiger partial charge in [0.2, 0.25) is 0 Å². The van der Waals surface area contributed by atoms with Crippen LogP contribution in [0.25, 0.3) is 0 Å². The Morgan fingerprint density at radius 1 is 1.18 bits per heavy atom. The topological polar surface area (TPSA) is 57.6 Å². The Labute approximate surface area is 126 Å². The molecule has 4 nitrogen and oxygen atoms in total. The van der Waals surface area contributed by atoms with Crippen LogP contribution >= 0.6 is 0 Å². The number of carbonyl (C=O) groups excluding carboxylic acids is 1. The second-order valence-corrected chi connectivity index (χ2v) is 5.04. The number of halogens is 3. The van der Waals surface area contributed by atoms with E-state index < -0.39 is 18.6 Å². The lowest BCUT2D eigenvalue weighted by atomic mass is 10.1. The van der Waals surface area contributed by atoms with Crippen molar-refractivity contribution in [3.05, 3.63) is 35.4 Å². The van der Waals surface area contributed by atoms with E-state index in [-0.39, 0.29) is 18.7 Å². The van der Waals surface area contributed by atoms with Crippen molar-refractivity contribution in [1.29, 1.82) is 0 Å². The van der Waals surface area contributed by atoms with Gasteiger partial charge in [-0.3, -0.25) is 9.59 Å². The Morgan fingerprint density at radius 3 is 2.27 bits per heavy atom. The van der Waals surface area contributed by atoms with Crippen LogP contribution in [0.1, 0.15) is 35.2 Å². The van der Waals surface area contributed by atoms with Crippen molar-refractivity contribution < 1.29 is 27.9 Å². The highest BCUT2D eigenvalue weighted by Crippen LogP contribution is 2.22. The number of alkyl halides is 3. The molecule has 1 amide bonds. The summed E-state index contributed by atoms with van der Waals surface area (Å²) in [6.45, 7) is 0.307. The number of aliphatic carboxylic acids is 1. The van der Waals surface area contributed by atoms with Crippen molar-refractivity contribution in [2.24, 2.45) is 0 Å². The molecule has 0 bridgehead atoms. The quantitative estimate of drug-likeness (QED) is 0.840. The summed E-state index contributed by atoms with van der Waals surface area (Å²) in [7, 11) is 1.56. The van der Waals surface area contributed by atoms with Crippen molar-refractivity contribution in [1.82, 2.24) is 4.90 Å². The number of hydrogen-bond acceptors (Lipinski definition) is 2. The molecule has 0 aliphatic rings. The second kappa shape index (κ2) is 7.82. The summed E-state index contributed by atoms with van der Waals surface area (Å²) in [5, 5.41) is 8.54. The molecule has 1 aromatic rings. The molecule has 0 heterocycles. The van der Waals surface area contributed by atoms with Crippen molar-refractivity contribution in [2.45, 2.75) is 31.9 Å². The molecule has 0 radical (unpaired) electrons. The molecule has 1 rings (SSSR count). The lowest BCUT2D eigenvalue weighted by Gasteiger charge is -2.17. The van der Waals surface area contributed by atoms with Gasteiger partial charge in [0.15, 0.2) is 0 Å². The van der Waals surface area contributed by atoms with Gasteiger partial charge in [-0.15, -0.1) is 0 Å². The number of carbonyl (C=O) groups is 2. The van der Waals surface area contributed by atoms with Gasteiger partial charge in [-0.2, -0.15) is 13.2 Å². The van der Waals surface area contributed by atoms with Gasteiger partial charge in [0, 0.05) is 32.0 Å². The molecule has 1 aromatic carbocycles. The molecule has 0 aromatic heterocycles. The van der Waals surface area contributed by atoms with Gasteiger partial charge in [-0.1, -0.05) is 12.1 Å². The van der Waals surface area contributed by atoms with Crippen LogP contribution < -0.4 is 0 Å². The normalized spacial score (nSPS) is 11.3. The maximum absolute atomic E-state index is 12.1. The molecule has 0 unspecified atom stereocenters. The maximum atomic E-state index is 12.1. The zero-order valence-electron chi connectivity index (χ0n) is 12.2. The van der Waals surface area contributed by atoms with Crippen molar-refractivity contribution >= 4 is 11.9 Å². The fourth-order valence-corrected chi connectivity index (χ4v) is 1.89. The predicted molar refractivity (Wildman–Crippen MR) is 74.6 cm³/mol. The van der Waals surface area contributed by atoms with E-state index in [0.717, 1.165) is 0 Å². The molecule has 122 valence electrons. The van der Waals surface area contributed by atoms with Gasteiger partial charge >= 0.3 is 12.1 Å². The predicted octanol–water partition coefficient (Wildman–Crippen LogP) is 3.12. The van der Waals surface area contributed by atoms with E-state index in [1.54, 1.807) is 7.05 Å². The molecule has 0 saturated heterocycles. The molecule has 7 heteroatoms. The summed E-state index contributed by atoms with van der Waals surface area (Å²) >= 11 is 0. The first-order valence-electron chi connectivity index (χ1n) is 6.82. The fourth-order valence-electron chi connectivity index (χ4n) is 1.89.